The van der Waals surface area contributed by atoms with Crippen LogP contribution in [0.5, 0.6) is 0 Å². The lowest BCUT2D eigenvalue weighted by atomic mass is 9.96. The molecule has 1 aromatic rings. The number of halogens is 1. The molecule has 0 spiro atoms. The Morgan fingerprint density at radius 2 is 2.07 bits per heavy atom. The molecule has 0 heterocycles. The first kappa shape index (κ1) is 10.4. The summed E-state index contributed by atoms with van der Waals surface area (Å²) in [4.78, 5) is 14.3. The van der Waals surface area contributed by atoms with Crippen molar-refractivity contribution in [3.8, 4) is 0 Å². The lowest BCUT2D eigenvalue weighted by molar-refractivity contribution is 0.556. The molecule has 0 aliphatic heterocycles. The molecule has 78 valence electrons. The first-order valence-corrected chi connectivity index (χ1v) is 5.33. The van der Waals surface area contributed by atoms with Gasteiger partial charge in [-0.2, -0.15) is 4.99 Å². The second kappa shape index (κ2) is 3.48. The monoisotopic (exact) mass is 221 g/mol. The van der Waals surface area contributed by atoms with Crippen LogP contribution in [0.4, 0.5) is 0 Å². The molecule has 2 rings (SSSR count). The Morgan fingerprint density at radius 1 is 1.40 bits per heavy atom. The average Bonchev–Trinajstić information content (AvgIpc) is 2.93. The number of hydrogen-bond acceptors (Lipinski definition) is 2. The van der Waals surface area contributed by atoms with Crippen molar-refractivity contribution in [1.82, 2.24) is 0 Å². The number of nitrogens with zero attached hydrogens (tertiary/aromatic N) is 1. The van der Waals surface area contributed by atoms with E-state index in [9.17, 15) is 4.79 Å². The van der Waals surface area contributed by atoms with Gasteiger partial charge < -0.3 is 0 Å². The molecule has 2 nitrogen and oxygen atoms in total. The molecule has 0 N–H and O–H groups in total. The van der Waals surface area contributed by atoms with Gasteiger partial charge in [-0.25, -0.2) is 4.79 Å². The molecule has 1 aliphatic carbocycles. The van der Waals surface area contributed by atoms with Gasteiger partial charge in [0.05, 0.1) is 5.54 Å². The maximum Gasteiger partial charge on any atom is 0.235 e. The number of isocyanates is 1. The molecule has 1 aliphatic rings. The smallest absolute Gasteiger partial charge is 0.211 e. The van der Waals surface area contributed by atoms with Crippen molar-refractivity contribution in [1.29, 1.82) is 0 Å². The first-order valence-electron chi connectivity index (χ1n) is 4.95. The third kappa shape index (κ3) is 1.71. The van der Waals surface area contributed by atoms with E-state index in [1.807, 2.05) is 26.0 Å². The fourth-order valence-corrected chi connectivity index (χ4v) is 2.22. The van der Waals surface area contributed by atoms with Crippen molar-refractivity contribution in [3.63, 3.8) is 0 Å². The van der Waals surface area contributed by atoms with Crippen molar-refractivity contribution >= 4 is 17.7 Å². The molecular weight excluding hydrogens is 210 g/mol. The van der Waals surface area contributed by atoms with Gasteiger partial charge >= 0.3 is 0 Å². The van der Waals surface area contributed by atoms with Crippen LogP contribution in [0.2, 0.25) is 5.02 Å². The van der Waals surface area contributed by atoms with Crippen LogP contribution >= 0.6 is 11.6 Å². The van der Waals surface area contributed by atoms with E-state index in [1.54, 1.807) is 6.08 Å². The number of aryl methyl sites for hydroxylation is 1. The Labute approximate surface area is 94.0 Å². The third-order valence-corrected chi connectivity index (χ3v) is 3.33. The van der Waals surface area contributed by atoms with E-state index in [0.717, 1.165) is 24.0 Å². The van der Waals surface area contributed by atoms with Crippen molar-refractivity contribution in [2.75, 3.05) is 0 Å². The Morgan fingerprint density at radius 3 is 2.60 bits per heavy atom. The minimum atomic E-state index is -0.318. The average molecular weight is 222 g/mol. The standard InChI is InChI=1S/C12H12ClNO/c1-8-5-10(13)6-11(9(8)2)12(3-4-12)14-7-15/h5-6H,3-4H2,1-2H3. The van der Waals surface area contributed by atoms with E-state index >= 15 is 0 Å². The highest BCUT2D eigenvalue weighted by Crippen LogP contribution is 2.51. The maximum absolute atomic E-state index is 10.4. The van der Waals surface area contributed by atoms with Crippen molar-refractivity contribution in [2.24, 2.45) is 4.99 Å². The molecule has 0 bridgehead atoms. The van der Waals surface area contributed by atoms with Crippen LogP contribution in [-0.2, 0) is 10.3 Å². The topological polar surface area (TPSA) is 29.4 Å². The van der Waals surface area contributed by atoms with Crippen molar-refractivity contribution in [2.45, 2.75) is 32.2 Å². The summed E-state index contributed by atoms with van der Waals surface area (Å²) in [6.07, 6.45) is 3.51. The summed E-state index contributed by atoms with van der Waals surface area (Å²) in [5, 5.41) is 0.709. The molecule has 1 saturated carbocycles. The summed E-state index contributed by atoms with van der Waals surface area (Å²) < 4.78 is 0. The molecule has 15 heavy (non-hydrogen) atoms. The van der Waals surface area contributed by atoms with Crippen molar-refractivity contribution in [3.05, 3.63) is 33.8 Å². The van der Waals surface area contributed by atoms with Crippen LogP contribution in [0, 0.1) is 13.8 Å². The number of carbonyl (C=O) groups excluding carboxylic acids is 1. The van der Waals surface area contributed by atoms with Gasteiger partial charge in [-0.1, -0.05) is 11.6 Å². The van der Waals surface area contributed by atoms with Crippen LogP contribution in [0.3, 0.4) is 0 Å². The molecule has 0 saturated heterocycles. The quantitative estimate of drug-likeness (QED) is 0.557. The molecule has 0 atom stereocenters. The van der Waals surface area contributed by atoms with Gasteiger partial charge in [-0.15, -0.1) is 0 Å². The van der Waals surface area contributed by atoms with E-state index < -0.39 is 0 Å². The molecular formula is C12H12ClNO. The molecule has 1 fully saturated rings. The fraction of sp³-hybridized carbons (Fsp3) is 0.417. The molecule has 0 amide bonds. The SMILES string of the molecule is Cc1cc(Cl)cc(C2(N=C=O)CC2)c1C. The second-order valence-corrected chi connectivity index (χ2v) is 4.57. The van der Waals surface area contributed by atoms with Crippen LogP contribution in [0.15, 0.2) is 17.1 Å². The van der Waals surface area contributed by atoms with Gasteiger partial charge in [0, 0.05) is 5.02 Å². The zero-order valence-corrected chi connectivity index (χ0v) is 9.56. The van der Waals surface area contributed by atoms with Gasteiger partial charge in [0.1, 0.15) is 0 Å². The predicted octanol–water partition coefficient (Wildman–Crippen LogP) is 3.28. The molecule has 0 unspecified atom stereocenters. The number of hydrogen-bond donors (Lipinski definition) is 0. The molecule has 1 aromatic carbocycles. The summed E-state index contributed by atoms with van der Waals surface area (Å²) >= 11 is 6.02. The van der Waals surface area contributed by atoms with Gasteiger partial charge in [0.25, 0.3) is 0 Å². The van der Waals surface area contributed by atoms with Crippen LogP contribution < -0.4 is 0 Å². The maximum atomic E-state index is 10.4. The Bertz CT molecular complexity index is 457. The van der Waals surface area contributed by atoms with E-state index in [0.29, 0.717) is 5.02 Å². The van der Waals surface area contributed by atoms with E-state index in [1.165, 1.54) is 5.56 Å². The predicted molar refractivity (Wildman–Crippen MR) is 60.0 cm³/mol. The van der Waals surface area contributed by atoms with Crippen LogP contribution in [-0.4, -0.2) is 6.08 Å². The van der Waals surface area contributed by atoms with E-state index in [4.69, 9.17) is 11.6 Å². The Hall–Kier alpha value is -1.11. The summed E-state index contributed by atoms with van der Waals surface area (Å²) in [6.45, 7) is 4.06. The summed E-state index contributed by atoms with van der Waals surface area (Å²) in [5.41, 5.74) is 3.08. The lowest BCUT2D eigenvalue weighted by Crippen LogP contribution is -2.06. The molecule has 0 aromatic heterocycles. The summed E-state index contributed by atoms with van der Waals surface area (Å²) in [6, 6.07) is 3.85. The Balaban J connectivity index is 2.57. The highest BCUT2D eigenvalue weighted by molar-refractivity contribution is 6.30. The lowest BCUT2D eigenvalue weighted by Gasteiger charge is -2.14. The minimum Gasteiger partial charge on any atom is -0.211 e. The minimum absolute atomic E-state index is 0.318. The number of benzene rings is 1. The largest absolute Gasteiger partial charge is 0.235 e. The summed E-state index contributed by atoms with van der Waals surface area (Å²) in [7, 11) is 0. The normalized spacial score (nSPS) is 17.0. The number of aliphatic imine (C=N–C) groups is 1. The van der Waals surface area contributed by atoms with Crippen LogP contribution in [0.1, 0.15) is 29.5 Å². The highest BCUT2D eigenvalue weighted by Gasteiger charge is 2.46. The van der Waals surface area contributed by atoms with Gasteiger partial charge in [0.2, 0.25) is 6.08 Å². The van der Waals surface area contributed by atoms with Crippen molar-refractivity contribution < 1.29 is 4.79 Å². The molecule has 3 heteroatoms. The second-order valence-electron chi connectivity index (χ2n) is 4.13. The van der Waals surface area contributed by atoms with E-state index in [-0.39, 0.29) is 5.54 Å². The first-order chi connectivity index (χ1) is 7.09. The van der Waals surface area contributed by atoms with Gasteiger partial charge in [0.15, 0.2) is 0 Å². The van der Waals surface area contributed by atoms with Gasteiger partial charge in [-0.05, 0) is 55.5 Å². The number of rotatable bonds is 2. The van der Waals surface area contributed by atoms with Crippen LogP contribution in [0.25, 0.3) is 0 Å². The zero-order chi connectivity index (χ0) is 11.1. The van der Waals surface area contributed by atoms with Gasteiger partial charge in [-0.3, -0.25) is 0 Å². The fourth-order valence-electron chi connectivity index (χ4n) is 1.95. The Kier molecular flexibility index (Phi) is 2.41. The zero-order valence-electron chi connectivity index (χ0n) is 8.80. The van der Waals surface area contributed by atoms with E-state index in [2.05, 4.69) is 4.99 Å². The summed E-state index contributed by atoms with van der Waals surface area (Å²) in [5.74, 6) is 0. The highest BCUT2D eigenvalue weighted by atomic mass is 35.5. The molecule has 0 radical (unpaired) electrons. The third-order valence-electron chi connectivity index (χ3n) is 3.12.